The molecule has 0 aliphatic rings. The van der Waals surface area contributed by atoms with Crippen LogP contribution in [0, 0.1) is 5.82 Å². The summed E-state index contributed by atoms with van der Waals surface area (Å²) in [4.78, 5) is 14.0. The number of carbonyl (C=O) groups is 1. The van der Waals surface area contributed by atoms with Crippen LogP contribution in [0.5, 0.6) is 0 Å². The molecule has 0 radical (unpaired) electrons. The highest BCUT2D eigenvalue weighted by Crippen LogP contribution is 2.17. The van der Waals surface area contributed by atoms with E-state index in [1.807, 2.05) is 0 Å². The fourth-order valence-electron chi connectivity index (χ4n) is 0.819. The molecule has 3 nitrogen and oxygen atoms in total. The SMILES string of the molecule is COC(=O)c1nc(C(F)F)ccc1F. The first-order valence-corrected chi connectivity index (χ1v) is 3.59. The molecule has 1 aromatic heterocycles. The Kier molecular flexibility index (Phi) is 3.06. The summed E-state index contributed by atoms with van der Waals surface area (Å²) in [6, 6.07) is 1.56. The lowest BCUT2D eigenvalue weighted by atomic mass is 10.3. The van der Waals surface area contributed by atoms with Crippen LogP contribution in [0.25, 0.3) is 0 Å². The van der Waals surface area contributed by atoms with E-state index >= 15 is 0 Å². The standard InChI is InChI=1S/C8H6F3NO2/c1-14-8(13)6-4(9)2-3-5(12-6)7(10)11/h2-3,7H,1H3. The molecule has 0 atom stereocenters. The zero-order valence-corrected chi connectivity index (χ0v) is 7.13. The Balaban J connectivity index is 3.15. The number of hydrogen-bond acceptors (Lipinski definition) is 3. The molecule has 0 spiro atoms. The molecule has 0 amide bonds. The van der Waals surface area contributed by atoms with Crippen LogP contribution in [0.2, 0.25) is 0 Å². The number of rotatable bonds is 2. The van der Waals surface area contributed by atoms with Crippen molar-refractivity contribution in [3.05, 3.63) is 29.3 Å². The van der Waals surface area contributed by atoms with E-state index in [0.29, 0.717) is 0 Å². The van der Waals surface area contributed by atoms with E-state index in [0.717, 1.165) is 19.2 Å². The number of pyridine rings is 1. The van der Waals surface area contributed by atoms with Crippen LogP contribution in [0.1, 0.15) is 22.6 Å². The normalized spacial score (nSPS) is 10.4. The van der Waals surface area contributed by atoms with Crippen LogP contribution in [0.15, 0.2) is 12.1 Å². The third-order valence-electron chi connectivity index (χ3n) is 1.47. The molecule has 0 aromatic carbocycles. The Hall–Kier alpha value is -1.59. The van der Waals surface area contributed by atoms with Crippen molar-refractivity contribution in [2.45, 2.75) is 6.43 Å². The van der Waals surface area contributed by atoms with Gasteiger partial charge in [-0.15, -0.1) is 0 Å². The summed E-state index contributed by atoms with van der Waals surface area (Å²) in [5.74, 6) is -2.06. The average molecular weight is 205 g/mol. The van der Waals surface area contributed by atoms with Crippen molar-refractivity contribution in [3.63, 3.8) is 0 Å². The summed E-state index contributed by atoms with van der Waals surface area (Å²) in [5, 5.41) is 0. The highest BCUT2D eigenvalue weighted by molar-refractivity contribution is 5.87. The van der Waals surface area contributed by atoms with Gasteiger partial charge in [-0.25, -0.2) is 22.9 Å². The van der Waals surface area contributed by atoms with Gasteiger partial charge < -0.3 is 4.74 Å². The van der Waals surface area contributed by atoms with Crippen molar-refractivity contribution in [2.75, 3.05) is 7.11 Å². The molecule has 76 valence electrons. The minimum absolute atomic E-state index is 0.660. The summed E-state index contributed by atoms with van der Waals surface area (Å²) in [6.07, 6.45) is -2.85. The number of halogens is 3. The molecule has 1 rings (SSSR count). The minimum Gasteiger partial charge on any atom is -0.464 e. The highest BCUT2D eigenvalue weighted by Gasteiger charge is 2.18. The molecular formula is C8H6F3NO2. The molecule has 0 aliphatic heterocycles. The Morgan fingerprint density at radius 2 is 2.14 bits per heavy atom. The molecular weight excluding hydrogens is 199 g/mol. The molecule has 0 saturated carbocycles. The van der Waals surface area contributed by atoms with Crippen molar-refractivity contribution >= 4 is 5.97 Å². The number of esters is 1. The lowest BCUT2D eigenvalue weighted by Gasteiger charge is -2.02. The van der Waals surface area contributed by atoms with Gasteiger partial charge in [-0.1, -0.05) is 0 Å². The van der Waals surface area contributed by atoms with Crippen LogP contribution >= 0.6 is 0 Å². The van der Waals surface area contributed by atoms with E-state index in [1.54, 1.807) is 0 Å². The van der Waals surface area contributed by atoms with Crippen LogP contribution in [-0.2, 0) is 4.74 Å². The second-order valence-corrected chi connectivity index (χ2v) is 2.36. The van der Waals surface area contributed by atoms with E-state index in [9.17, 15) is 18.0 Å². The number of carbonyl (C=O) groups excluding carboxylic acids is 1. The van der Waals surface area contributed by atoms with Gasteiger partial charge in [0.15, 0.2) is 11.5 Å². The fourth-order valence-corrected chi connectivity index (χ4v) is 0.819. The fraction of sp³-hybridized carbons (Fsp3) is 0.250. The van der Waals surface area contributed by atoms with Gasteiger partial charge in [-0.05, 0) is 12.1 Å². The lowest BCUT2D eigenvalue weighted by Crippen LogP contribution is -2.09. The van der Waals surface area contributed by atoms with Gasteiger partial charge in [-0.2, -0.15) is 0 Å². The van der Waals surface area contributed by atoms with E-state index in [2.05, 4.69) is 9.72 Å². The Bertz CT molecular complexity index is 354. The zero-order chi connectivity index (χ0) is 10.7. The number of hydrogen-bond donors (Lipinski definition) is 0. The van der Waals surface area contributed by atoms with E-state index < -0.39 is 29.6 Å². The number of ether oxygens (including phenoxy) is 1. The molecule has 14 heavy (non-hydrogen) atoms. The highest BCUT2D eigenvalue weighted by atomic mass is 19.3. The zero-order valence-electron chi connectivity index (χ0n) is 7.13. The lowest BCUT2D eigenvalue weighted by molar-refractivity contribution is 0.0586. The average Bonchev–Trinajstić information content (AvgIpc) is 2.17. The van der Waals surface area contributed by atoms with Crippen molar-refractivity contribution < 1.29 is 22.7 Å². The second kappa shape index (κ2) is 4.08. The first-order chi connectivity index (χ1) is 6.56. The van der Waals surface area contributed by atoms with Crippen molar-refractivity contribution in [1.82, 2.24) is 4.98 Å². The van der Waals surface area contributed by atoms with E-state index in [1.165, 1.54) is 0 Å². The Morgan fingerprint density at radius 3 is 2.64 bits per heavy atom. The summed E-state index contributed by atoms with van der Waals surface area (Å²) in [7, 11) is 1.01. The van der Waals surface area contributed by atoms with E-state index in [-0.39, 0.29) is 0 Å². The quantitative estimate of drug-likeness (QED) is 0.692. The summed E-state index contributed by atoms with van der Waals surface area (Å²) in [6.45, 7) is 0. The van der Waals surface area contributed by atoms with Crippen LogP contribution < -0.4 is 0 Å². The van der Waals surface area contributed by atoms with Gasteiger partial charge in [0.1, 0.15) is 5.69 Å². The predicted molar refractivity (Wildman–Crippen MR) is 40.5 cm³/mol. The van der Waals surface area contributed by atoms with Gasteiger partial charge in [0, 0.05) is 0 Å². The smallest absolute Gasteiger partial charge is 0.359 e. The summed E-state index contributed by atoms with van der Waals surface area (Å²) >= 11 is 0. The molecule has 0 fully saturated rings. The van der Waals surface area contributed by atoms with E-state index in [4.69, 9.17) is 0 Å². The molecule has 1 aromatic rings. The van der Waals surface area contributed by atoms with Crippen LogP contribution in [0.4, 0.5) is 13.2 Å². The third kappa shape index (κ3) is 2.01. The molecule has 0 saturated heterocycles. The van der Waals surface area contributed by atoms with Crippen molar-refractivity contribution in [3.8, 4) is 0 Å². The molecule has 6 heteroatoms. The van der Waals surface area contributed by atoms with Gasteiger partial charge in [0.2, 0.25) is 0 Å². The summed E-state index contributed by atoms with van der Waals surface area (Å²) < 4.78 is 41.2. The van der Waals surface area contributed by atoms with Crippen molar-refractivity contribution in [2.24, 2.45) is 0 Å². The topological polar surface area (TPSA) is 39.2 Å². The first kappa shape index (κ1) is 10.5. The first-order valence-electron chi connectivity index (χ1n) is 3.59. The van der Waals surface area contributed by atoms with Gasteiger partial charge >= 0.3 is 5.97 Å². The monoisotopic (exact) mass is 205 g/mol. The van der Waals surface area contributed by atoms with Gasteiger partial charge in [-0.3, -0.25) is 0 Å². The maximum absolute atomic E-state index is 12.9. The number of methoxy groups -OCH3 is 1. The number of alkyl halides is 2. The van der Waals surface area contributed by atoms with Gasteiger partial charge in [0.05, 0.1) is 7.11 Å². The molecule has 0 bridgehead atoms. The maximum atomic E-state index is 12.9. The maximum Gasteiger partial charge on any atom is 0.359 e. The predicted octanol–water partition coefficient (Wildman–Crippen LogP) is 1.94. The number of aromatic nitrogens is 1. The van der Waals surface area contributed by atoms with Crippen LogP contribution in [0.3, 0.4) is 0 Å². The van der Waals surface area contributed by atoms with Crippen molar-refractivity contribution in [1.29, 1.82) is 0 Å². The molecule has 0 aliphatic carbocycles. The largest absolute Gasteiger partial charge is 0.464 e. The second-order valence-electron chi connectivity index (χ2n) is 2.36. The third-order valence-corrected chi connectivity index (χ3v) is 1.47. The van der Waals surface area contributed by atoms with Crippen LogP contribution in [-0.4, -0.2) is 18.1 Å². The molecule has 1 heterocycles. The molecule has 0 unspecified atom stereocenters. The number of nitrogens with zero attached hydrogens (tertiary/aromatic N) is 1. The van der Waals surface area contributed by atoms with Gasteiger partial charge in [0.25, 0.3) is 6.43 Å². The molecule has 0 N–H and O–H groups in total. The minimum atomic E-state index is -2.85. The Labute approximate surface area is 77.5 Å². The summed E-state index contributed by atoms with van der Waals surface area (Å²) in [5.41, 5.74) is -1.39. The Morgan fingerprint density at radius 1 is 1.50 bits per heavy atom.